The lowest BCUT2D eigenvalue weighted by molar-refractivity contribution is 0.0959. The Bertz CT molecular complexity index is 1920. The molecule has 3 aliphatic rings. The molecule has 0 amide bonds. The number of Topliss-reactive ketones (excluding diaryl/α,β-unsaturated/α-hetero) is 2. The molecule has 0 spiro atoms. The zero-order chi connectivity index (χ0) is 35.9. The topological polar surface area (TPSA) is 182 Å². The van der Waals surface area contributed by atoms with Gasteiger partial charge in [-0.15, -0.1) is 0 Å². The Kier molecular flexibility index (Phi) is 11.7. The smallest absolute Gasteiger partial charge is 0.213 e. The zero-order valence-corrected chi connectivity index (χ0v) is 27.2. The van der Waals surface area contributed by atoms with Gasteiger partial charge in [0.2, 0.25) is 11.6 Å². The van der Waals surface area contributed by atoms with E-state index in [-0.39, 0.29) is 85.3 Å². The summed E-state index contributed by atoms with van der Waals surface area (Å²) >= 11 is 0. The molecule has 0 saturated carbocycles. The zero-order valence-electron chi connectivity index (χ0n) is 27.2. The van der Waals surface area contributed by atoms with E-state index in [2.05, 4.69) is 5.32 Å². The van der Waals surface area contributed by atoms with Crippen molar-refractivity contribution >= 4 is 34.7 Å². The molecule has 0 heterocycles. The van der Waals surface area contributed by atoms with Crippen LogP contribution in [0.15, 0.2) is 90.3 Å². The van der Waals surface area contributed by atoms with Gasteiger partial charge in [-0.1, -0.05) is 30.3 Å². The number of allylic oxidation sites excluding steroid dienone is 6. The van der Waals surface area contributed by atoms with E-state index in [0.29, 0.717) is 11.4 Å². The first-order valence-corrected chi connectivity index (χ1v) is 14.4. The summed E-state index contributed by atoms with van der Waals surface area (Å²) in [5.74, 6) is -2.16. The summed E-state index contributed by atoms with van der Waals surface area (Å²) in [6, 6.07) is 13.5. The van der Waals surface area contributed by atoms with E-state index in [9.17, 15) is 44.1 Å². The van der Waals surface area contributed by atoms with Gasteiger partial charge < -0.3 is 30.4 Å². The van der Waals surface area contributed by atoms with Crippen molar-refractivity contribution in [2.45, 2.75) is 0 Å². The maximum Gasteiger partial charge on any atom is 0.213 e. The fourth-order valence-electron chi connectivity index (χ4n) is 4.76. The number of likely N-dealkylation sites (N-methyl/N-ethyl adjacent to an activating group) is 2. The van der Waals surface area contributed by atoms with Crippen LogP contribution in [0.3, 0.4) is 0 Å². The lowest BCUT2D eigenvalue weighted by atomic mass is 9.91. The fourth-order valence-corrected chi connectivity index (χ4v) is 4.76. The average molecular weight is 654 g/mol. The Hall–Kier alpha value is -6.14. The van der Waals surface area contributed by atoms with Crippen molar-refractivity contribution in [2.24, 2.45) is 0 Å². The molecule has 0 saturated heterocycles. The van der Waals surface area contributed by atoms with Gasteiger partial charge in [-0.2, -0.15) is 0 Å². The van der Waals surface area contributed by atoms with E-state index in [1.54, 1.807) is 62.3 Å². The van der Waals surface area contributed by atoms with E-state index in [1.165, 1.54) is 54.6 Å². The molecule has 48 heavy (non-hydrogen) atoms. The molecule has 0 unspecified atom stereocenters. The molecule has 12 nitrogen and oxygen atoms in total. The number of fused-ring (bicyclic) bond motifs is 3. The molecule has 0 aromatic heterocycles. The summed E-state index contributed by atoms with van der Waals surface area (Å²) in [5.41, 5.74) is 1.72. The number of rotatable bonds is 2. The first kappa shape index (κ1) is 36.3. The van der Waals surface area contributed by atoms with Crippen molar-refractivity contribution in [3.63, 3.8) is 0 Å². The van der Waals surface area contributed by atoms with Crippen LogP contribution in [0.1, 0.15) is 62.1 Å². The predicted octanol–water partition coefficient (Wildman–Crippen LogP) is 3.60. The largest absolute Gasteiger partial charge is 0.507 e. The molecule has 0 aliphatic heterocycles. The van der Waals surface area contributed by atoms with Gasteiger partial charge in [0, 0.05) is 57.0 Å². The van der Waals surface area contributed by atoms with Crippen LogP contribution < -0.4 is 5.32 Å². The first-order valence-electron chi connectivity index (χ1n) is 14.4. The van der Waals surface area contributed by atoms with Crippen LogP contribution in [0.4, 0.5) is 0 Å². The van der Waals surface area contributed by atoms with Crippen LogP contribution in [0.25, 0.3) is 0 Å². The summed E-state index contributed by atoms with van der Waals surface area (Å²) in [4.78, 5) is 73.1. The number of hydrogen-bond acceptors (Lipinski definition) is 12. The molecule has 0 fully saturated rings. The minimum Gasteiger partial charge on any atom is -0.507 e. The number of nitrogens with zero attached hydrogens (tertiary/aromatic N) is 2. The number of hydrogen-bond donors (Lipinski definition) is 4. The normalized spacial score (nSPS) is 14.0. The van der Waals surface area contributed by atoms with Gasteiger partial charge in [0.1, 0.15) is 17.2 Å². The average Bonchev–Trinajstić information content (AvgIpc) is 3.03. The SMILES string of the molecule is CN(C)C1=CC(=O)c2c(O)cccc2C1=O.CN(C)C1=CC(=O)c2cccc(O)c2C1=O.CNC.O=C1C=CC(=O)c2c(O)cccc21. The van der Waals surface area contributed by atoms with Crippen molar-refractivity contribution < 1.29 is 44.1 Å². The van der Waals surface area contributed by atoms with Crippen molar-refractivity contribution in [3.05, 3.63) is 124 Å². The lowest BCUT2D eigenvalue weighted by Gasteiger charge is -2.21. The monoisotopic (exact) mass is 653 g/mol. The molecule has 3 aromatic carbocycles. The van der Waals surface area contributed by atoms with Gasteiger partial charge in [-0.25, -0.2) is 0 Å². The molecule has 248 valence electrons. The minimum atomic E-state index is -0.337. The number of nitrogens with one attached hydrogen (secondary N) is 1. The second-order valence-electron chi connectivity index (χ2n) is 10.9. The van der Waals surface area contributed by atoms with E-state index >= 15 is 0 Å². The summed E-state index contributed by atoms with van der Waals surface area (Å²) in [5, 5.41) is 31.3. The maximum absolute atomic E-state index is 12.0. The third-order valence-electron chi connectivity index (χ3n) is 6.97. The van der Waals surface area contributed by atoms with Gasteiger partial charge in [0.25, 0.3) is 0 Å². The Balaban J connectivity index is 0.000000188. The number of phenols is 3. The van der Waals surface area contributed by atoms with Gasteiger partial charge in [-0.05, 0) is 50.5 Å². The molecular formula is C36H35N3O9. The standard InChI is InChI=1S/2C12H11NO3.C10H6O3.C2H7N/c1-13(2)8-6-10(15)11-7(12(8)16)4-3-5-9(11)14;1-13(2)8-6-10(15)7-4-3-5-9(14)11(7)12(8)16;11-7-4-5-9(13)10-6(7)2-1-3-8(10)12;1-3-2/h2*3-6,14H,1-2H3;1-5,12H;3H,1-2H3. The Labute approximate surface area is 276 Å². The van der Waals surface area contributed by atoms with Crippen LogP contribution in [0, 0.1) is 0 Å². The van der Waals surface area contributed by atoms with Crippen molar-refractivity contribution in [1.29, 1.82) is 0 Å². The summed E-state index contributed by atoms with van der Waals surface area (Å²) in [6.07, 6.45) is 4.93. The highest BCUT2D eigenvalue weighted by Crippen LogP contribution is 2.30. The second kappa shape index (κ2) is 15.4. The fraction of sp³-hybridized carbons (Fsp3) is 0.167. The third kappa shape index (κ3) is 7.62. The van der Waals surface area contributed by atoms with Crippen LogP contribution in [-0.4, -0.2) is 102 Å². The Morgan fingerprint density at radius 1 is 0.479 bits per heavy atom. The number of carbonyl (C=O) groups is 6. The predicted molar refractivity (Wildman–Crippen MR) is 178 cm³/mol. The van der Waals surface area contributed by atoms with Gasteiger partial charge in [0.05, 0.1) is 28.1 Å². The first-order chi connectivity index (χ1) is 22.7. The Morgan fingerprint density at radius 3 is 1.33 bits per heavy atom. The van der Waals surface area contributed by atoms with Gasteiger partial charge >= 0.3 is 0 Å². The number of ketones is 6. The quantitative estimate of drug-likeness (QED) is 0.316. The molecule has 4 N–H and O–H groups in total. The molecule has 3 aromatic rings. The molecule has 3 aliphatic carbocycles. The second-order valence-corrected chi connectivity index (χ2v) is 10.9. The summed E-state index contributed by atoms with van der Waals surface area (Å²) in [6.45, 7) is 0. The van der Waals surface area contributed by atoms with E-state index < -0.39 is 0 Å². The highest BCUT2D eigenvalue weighted by molar-refractivity contribution is 6.26. The molecule has 0 radical (unpaired) electrons. The summed E-state index contributed by atoms with van der Waals surface area (Å²) < 4.78 is 0. The molecule has 6 rings (SSSR count). The minimum absolute atomic E-state index is 0.0955. The molecule has 0 atom stereocenters. The maximum atomic E-state index is 12.0. The summed E-state index contributed by atoms with van der Waals surface area (Å²) in [7, 11) is 10.5. The number of benzene rings is 3. The third-order valence-corrected chi connectivity index (χ3v) is 6.97. The van der Waals surface area contributed by atoms with Gasteiger partial charge in [0.15, 0.2) is 23.1 Å². The number of carbonyl (C=O) groups excluding carboxylic acids is 6. The molecular weight excluding hydrogens is 618 g/mol. The van der Waals surface area contributed by atoms with Crippen LogP contribution >= 0.6 is 0 Å². The van der Waals surface area contributed by atoms with Crippen molar-refractivity contribution in [3.8, 4) is 17.2 Å². The molecule has 12 heteroatoms. The van der Waals surface area contributed by atoms with Crippen LogP contribution in [0.5, 0.6) is 17.2 Å². The van der Waals surface area contributed by atoms with Crippen molar-refractivity contribution in [2.75, 3.05) is 42.3 Å². The van der Waals surface area contributed by atoms with Gasteiger partial charge in [-0.3, -0.25) is 28.8 Å². The highest BCUT2D eigenvalue weighted by atomic mass is 16.3. The molecule has 0 bridgehead atoms. The van der Waals surface area contributed by atoms with E-state index in [4.69, 9.17) is 0 Å². The van der Waals surface area contributed by atoms with Crippen LogP contribution in [-0.2, 0) is 0 Å². The Morgan fingerprint density at radius 2 is 0.854 bits per heavy atom. The van der Waals surface area contributed by atoms with Crippen LogP contribution in [0.2, 0.25) is 0 Å². The number of aromatic hydroxyl groups is 3. The number of phenolic OH excluding ortho intramolecular Hbond substituents is 3. The van der Waals surface area contributed by atoms with Crippen molar-refractivity contribution in [1.82, 2.24) is 15.1 Å². The highest BCUT2D eigenvalue weighted by Gasteiger charge is 2.30. The van der Waals surface area contributed by atoms with E-state index in [1.807, 2.05) is 14.1 Å². The van der Waals surface area contributed by atoms with E-state index in [0.717, 1.165) is 0 Å². The lowest BCUT2D eigenvalue weighted by Crippen LogP contribution is -2.26.